The van der Waals surface area contributed by atoms with Crippen LogP contribution in [-0.2, 0) is 19.1 Å². The second-order valence-corrected chi connectivity index (χ2v) is 9.26. The third kappa shape index (κ3) is 4.13. The summed E-state index contributed by atoms with van der Waals surface area (Å²) in [7, 11) is 0. The van der Waals surface area contributed by atoms with E-state index >= 15 is 0 Å². The van der Waals surface area contributed by atoms with E-state index in [0.29, 0.717) is 31.3 Å². The summed E-state index contributed by atoms with van der Waals surface area (Å²) in [5, 5.41) is 21.5. The van der Waals surface area contributed by atoms with Crippen molar-refractivity contribution in [3.8, 4) is 0 Å². The number of rotatable bonds is 1. The highest BCUT2D eigenvalue weighted by Crippen LogP contribution is 2.42. The second kappa shape index (κ2) is 8.15. The molecule has 0 aromatic heterocycles. The van der Waals surface area contributed by atoms with E-state index in [2.05, 4.69) is 6.92 Å². The first kappa shape index (κ1) is 21.3. The summed E-state index contributed by atoms with van der Waals surface area (Å²) in [6.45, 7) is 7.84. The van der Waals surface area contributed by atoms with E-state index in [-0.39, 0.29) is 47.4 Å². The van der Waals surface area contributed by atoms with Gasteiger partial charge in [-0.15, -0.1) is 0 Å². The number of ether oxygens (including phenoxy) is 2. The van der Waals surface area contributed by atoms with E-state index in [1.54, 1.807) is 6.92 Å². The van der Waals surface area contributed by atoms with Crippen molar-refractivity contribution in [2.24, 2.45) is 17.8 Å². The number of fused-ring (bicyclic) bond motifs is 8. The van der Waals surface area contributed by atoms with E-state index < -0.39 is 18.2 Å². The zero-order valence-electron chi connectivity index (χ0n) is 17.4. The topological polar surface area (TPSA) is 93.1 Å². The number of carbonyl (C=O) groups excluding carboxylic acids is 2. The van der Waals surface area contributed by atoms with Gasteiger partial charge in [-0.25, -0.2) is 4.79 Å². The minimum atomic E-state index is -0.698. The molecule has 4 rings (SSSR count). The van der Waals surface area contributed by atoms with Gasteiger partial charge in [0.2, 0.25) is 0 Å². The summed E-state index contributed by atoms with van der Waals surface area (Å²) in [6.07, 6.45) is 2.05. The normalized spacial score (nSPS) is 42.9. The van der Waals surface area contributed by atoms with E-state index in [4.69, 9.17) is 9.47 Å². The fourth-order valence-corrected chi connectivity index (χ4v) is 5.24. The lowest BCUT2D eigenvalue weighted by atomic mass is 9.82. The molecule has 0 spiro atoms. The zero-order chi connectivity index (χ0) is 20.6. The lowest BCUT2D eigenvalue weighted by molar-refractivity contribution is -0.152. The molecule has 0 aromatic rings. The molecule has 2 fully saturated rings. The number of aliphatic hydroxyl groups excluding tert-OH is 2. The molecular formula is C22H34O6. The predicted octanol–water partition coefficient (Wildman–Crippen LogP) is 3.46. The Hall–Kier alpha value is -1.40. The van der Waals surface area contributed by atoms with Crippen LogP contribution < -0.4 is 0 Å². The van der Waals surface area contributed by atoms with Crippen molar-refractivity contribution in [1.82, 2.24) is 0 Å². The molecule has 6 nitrogen and oxygen atoms in total. The Kier molecular flexibility index (Phi) is 6.20. The van der Waals surface area contributed by atoms with E-state index in [1.165, 1.54) is 0 Å². The molecule has 4 aliphatic heterocycles. The van der Waals surface area contributed by atoms with Crippen molar-refractivity contribution < 1.29 is 29.3 Å². The smallest absolute Gasteiger partial charge is 0.337 e. The van der Waals surface area contributed by atoms with Gasteiger partial charge < -0.3 is 19.7 Å². The summed E-state index contributed by atoms with van der Waals surface area (Å²) >= 11 is 0. The largest absolute Gasteiger partial charge is 0.511 e. The molecule has 0 radical (unpaired) electrons. The molecule has 0 aliphatic carbocycles. The predicted molar refractivity (Wildman–Crippen MR) is 104 cm³/mol. The SMILES string of the molecule is CCC1C(O)=C2CCCC3(C)CC(C)C(O3)C(O)CC(C)C(=O)CC1OC2=O. The number of ketones is 1. The van der Waals surface area contributed by atoms with Gasteiger partial charge in [-0.3, -0.25) is 4.79 Å². The van der Waals surface area contributed by atoms with Gasteiger partial charge in [0.25, 0.3) is 0 Å². The summed E-state index contributed by atoms with van der Waals surface area (Å²) < 4.78 is 11.8. The maximum absolute atomic E-state index is 12.8. The number of carbonyl (C=O) groups is 2. The van der Waals surface area contributed by atoms with Crippen LogP contribution in [0.2, 0.25) is 0 Å². The van der Waals surface area contributed by atoms with Crippen LogP contribution >= 0.6 is 0 Å². The summed E-state index contributed by atoms with van der Waals surface area (Å²) in [4.78, 5) is 25.3. The fraction of sp³-hybridized carbons (Fsp3) is 0.818. The number of hydrogen-bond acceptors (Lipinski definition) is 6. The minimum Gasteiger partial charge on any atom is -0.511 e. The van der Waals surface area contributed by atoms with Crippen LogP contribution in [0, 0.1) is 17.8 Å². The fourth-order valence-electron chi connectivity index (χ4n) is 5.24. The first-order valence-electron chi connectivity index (χ1n) is 10.7. The molecule has 28 heavy (non-hydrogen) atoms. The lowest BCUT2D eigenvalue weighted by Gasteiger charge is -2.32. The standard InChI is InChI=1S/C22H34O6/c1-5-14-18-10-16(23)12(2)9-17(24)20-13(3)11-22(4,28-20)8-6-7-15(19(14)25)21(26)27-18/h12-14,17-18,20,24-25H,5-11H2,1-4H3. The number of aliphatic hydroxyl groups is 2. The van der Waals surface area contributed by atoms with E-state index in [1.807, 2.05) is 13.8 Å². The first-order chi connectivity index (χ1) is 13.1. The molecule has 4 aliphatic rings. The molecule has 2 saturated heterocycles. The lowest BCUT2D eigenvalue weighted by Crippen LogP contribution is -2.38. The Labute approximate surface area is 167 Å². The number of Topliss-reactive ketones (excluding diaryl/α,β-unsaturated/α-hetero) is 1. The molecule has 0 amide bonds. The van der Waals surface area contributed by atoms with Crippen molar-refractivity contribution in [3.63, 3.8) is 0 Å². The van der Waals surface area contributed by atoms with Crippen molar-refractivity contribution in [1.29, 1.82) is 0 Å². The highest BCUT2D eigenvalue weighted by Gasteiger charge is 2.45. The Morgan fingerprint density at radius 3 is 2.64 bits per heavy atom. The van der Waals surface area contributed by atoms with Gasteiger partial charge in [0.1, 0.15) is 17.6 Å². The van der Waals surface area contributed by atoms with Gasteiger partial charge >= 0.3 is 5.97 Å². The second-order valence-electron chi connectivity index (χ2n) is 9.26. The van der Waals surface area contributed by atoms with Crippen LogP contribution in [0.4, 0.5) is 0 Å². The van der Waals surface area contributed by atoms with Crippen molar-refractivity contribution >= 4 is 11.8 Å². The maximum Gasteiger partial charge on any atom is 0.337 e. The molecule has 158 valence electrons. The van der Waals surface area contributed by atoms with Crippen LogP contribution in [-0.4, -0.2) is 45.9 Å². The summed E-state index contributed by atoms with van der Waals surface area (Å²) in [6, 6.07) is 0. The van der Waals surface area contributed by atoms with E-state index in [9.17, 15) is 19.8 Å². The number of hydrogen-bond donors (Lipinski definition) is 2. The van der Waals surface area contributed by atoms with Crippen LogP contribution in [0.15, 0.2) is 11.3 Å². The monoisotopic (exact) mass is 394 g/mol. The quantitative estimate of drug-likeness (QED) is 0.662. The summed E-state index contributed by atoms with van der Waals surface area (Å²) in [5.41, 5.74) is -0.0374. The zero-order valence-corrected chi connectivity index (χ0v) is 17.4. The van der Waals surface area contributed by atoms with Crippen LogP contribution in [0.5, 0.6) is 0 Å². The van der Waals surface area contributed by atoms with Crippen molar-refractivity contribution in [3.05, 3.63) is 11.3 Å². The van der Waals surface area contributed by atoms with Gasteiger partial charge in [0.05, 0.1) is 29.3 Å². The highest BCUT2D eigenvalue weighted by atomic mass is 16.5. The Morgan fingerprint density at radius 1 is 1.25 bits per heavy atom. The molecular weight excluding hydrogens is 360 g/mol. The molecule has 4 bridgehead atoms. The Morgan fingerprint density at radius 2 is 1.96 bits per heavy atom. The molecule has 4 heterocycles. The molecule has 7 atom stereocenters. The van der Waals surface area contributed by atoms with Crippen molar-refractivity contribution in [2.45, 2.75) is 96.6 Å². The molecule has 7 unspecified atom stereocenters. The average molecular weight is 395 g/mol. The number of esters is 1. The molecule has 0 aromatic carbocycles. The third-order valence-electron chi connectivity index (χ3n) is 6.85. The summed E-state index contributed by atoms with van der Waals surface area (Å²) in [5.74, 6) is -0.994. The Balaban J connectivity index is 1.90. The molecule has 2 N–H and O–H groups in total. The van der Waals surface area contributed by atoms with Crippen LogP contribution in [0.1, 0.15) is 72.6 Å². The van der Waals surface area contributed by atoms with Crippen LogP contribution in [0.25, 0.3) is 0 Å². The van der Waals surface area contributed by atoms with Gasteiger partial charge in [-0.1, -0.05) is 20.8 Å². The Bertz CT molecular complexity index is 655. The third-order valence-corrected chi connectivity index (χ3v) is 6.85. The highest BCUT2D eigenvalue weighted by molar-refractivity contribution is 5.90. The average Bonchev–Trinajstić information content (AvgIpc) is 2.92. The van der Waals surface area contributed by atoms with Crippen molar-refractivity contribution in [2.75, 3.05) is 0 Å². The van der Waals surface area contributed by atoms with Gasteiger partial charge in [0, 0.05) is 12.3 Å². The maximum atomic E-state index is 12.8. The molecule has 6 heteroatoms. The van der Waals surface area contributed by atoms with Gasteiger partial charge in [0.15, 0.2) is 0 Å². The van der Waals surface area contributed by atoms with Gasteiger partial charge in [-0.05, 0) is 51.4 Å². The first-order valence-corrected chi connectivity index (χ1v) is 10.7. The van der Waals surface area contributed by atoms with Gasteiger partial charge in [-0.2, -0.15) is 0 Å². The molecule has 0 saturated carbocycles. The van der Waals surface area contributed by atoms with E-state index in [0.717, 1.165) is 12.8 Å². The van der Waals surface area contributed by atoms with Crippen LogP contribution in [0.3, 0.4) is 0 Å². The minimum absolute atomic E-state index is 0.0603.